The molecule has 0 aromatic heterocycles. The van der Waals surface area contributed by atoms with E-state index in [2.05, 4.69) is 17.6 Å². The highest BCUT2D eigenvalue weighted by Crippen LogP contribution is 2.09. The molecule has 0 aromatic rings. The minimum Gasteiger partial charge on any atom is -0.320 e. The Balaban J connectivity index is 2.85. The van der Waals surface area contributed by atoms with Gasteiger partial charge in [-0.2, -0.15) is 0 Å². The second kappa shape index (κ2) is 15.9. The van der Waals surface area contributed by atoms with Crippen LogP contribution < -0.4 is 10.6 Å². The summed E-state index contributed by atoms with van der Waals surface area (Å²) < 4.78 is 0. The Hall–Kier alpha value is -0.0800. The van der Waals surface area contributed by atoms with Crippen molar-refractivity contribution in [2.45, 2.75) is 71.1 Å². The van der Waals surface area contributed by atoms with Crippen molar-refractivity contribution in [1.82, 2.24) is 10.6 Å². The fourth-order valence-electron chi connectivity index (χ4n) is 2.08. The summed E-state index contributed by atoms with van der Waals surface area (Å²) in [7, 11) is 2.01. The van der Waals surface area contributed by atoms with E-state index in [9.17, 15) is 0 Å². The Morgan fingerprint density at radius 2 is 1.12 bits per heavy atom. The number of hydrogen-bond acceptors (Lipinski definition) is 2. The van der Waals surface area contributed by atoms with Gasteiger partial charge in [0.1, 0.15) is 0 Å². The van der Waals surface area contributed by atoms with E-state index >= 15 is 0 Å². The Labute approximate surface area is 109 Å². The van der Waals surface area contributed by atoms with Crippen LogP contribution in [0.5, 0.6) is 0 Å². The van der Waals surface area contributed by atoms with Crippen LogP contribution in [-0.4, -0.2) is 26.7 Å². The molecule has 104 valence electrons. The summed E-state index contributed by atoms with van der Waals surface area (Å²) in [5.41, 5.74) is 0. The van der Waals surface area contributed by atoms with E-state index in [1.807, 2.05) is 7.05 Å². The first kappa shape index (κ1) is 16.9. The second-order valence-corrected chi connectivity index (χ2v) is 5.04. The van der Waals surface area contributed by atoms with Crippen molar-refractivity contribution in [2.24, 2.45) is 0 Å². The molecule has 0 rings (SSSR count). The van der Waals surface area contributed by atoms with Gasteiger partial charge in [-0.1, -0.05) is 58.3 Å². The molecule has 0 unspecified atom stereocenters. The van der Waals surface area contributed by atoms with E-state index in [0.717, 1.165) is 13.1 Å². The fourth-order valence-corrected chi connectivity index (χ4v) is 2.08. The molecule has 0 aliphatic rings. The molecule has 0 aliphatic carbocycles. The van der Waals surface area contributed by atoms with Crippen molar-refractivity contribution < 1.29 is 0 Å². The van der Waals surface area contributed by atoms with Crippen molar-refractivity contribution in [3.8, 4) is 0 Å². The molecule has 0 heterocycles. The number of nitrogens with one attached hydrogen (secondary N) is 2. The number of rotatable bonds is 14. The third-order valence-corrected chi connectivity index (χ3v) is 3.24. The number of hydrogen-bond donors (Lipinski definition) is 2. The molecular formula is C15H34N2. The predicted molar refractivity (Wildman–Crippen MR) is 78.6 cm³/mol. The topological polar surface area (TPSA) is 24.1 Å². The molecule has 0 atom stereocenters. The zero-order valence-electron chi connectivity index (χ0n) is 12.2. The number of unbranched alkanes of at least 4 members (excludes halogenated alkanes) is 8. The maximum absolute atomic E-state index is 3.50. The lowest BCUT2D eigenvalue weighted by atomic mass is 10.1. The van der Waals surface area contributed by atoms with E-state index in [0.29, 0.717) is 0 Å². The molecule has 0 spiro atoms. The normalized spacial score (nSPS) is 10.9. The summed E-state index contributed by atoms with van der Waals surface area (Å²) in [4.78, 5) is 0. The fraction of sp³-hybridized carbons (Fsp3) is 1.00. The van der Waals surface area contributed by atoms with Crippen molar-refractivity contribution >= 4 is 0 Å². The zero-order valence-corrected chi connectivity index (χ0v) is 12.2. The van der Waals surface area contributed by atoms with Gasteiger partial charge in [0.2, 0.25) is 0 Å². The van der Waals surface area contributed by atoms with Crippen molar-refractivity contribution in [1.29, 1.82) is 0 Å². The lowest BCUT2D eigenvalue weighted by molar-refractivity contribution is 0.543. The van der Waals surface area contributed by atoms with Crippen LogP contribution in [-0.2, 0) is 0 Å². The van der Waals surface area contributed by atoms with Gasteiger partial charge < -0.3 is 10.6 Å². The van der Waals surface area contributed by atoms with Crippen LogP contribution in [0.3, 0.4) is 0 Å². The minimum absolute atomic E-state index is 1.13. The molecule has 0 radical (unpaired) electrons. The van der Waals surface area contributed by atoms with Gasteiger partial charge in [0.05, 0.1) is 0 Å². The smallest absolute Gasteiger partial charge is 0.00368 e. The SMILES string of the molecule is CCCCCCCCCCCNCCCNC. The lowest BCUT2D eigenvalue weighted by Gasteiger charge is -2.04. The predicted octanol–water partition coefficient (Wildman–Crippen LogP) is 3.72. The van der Waals surface area contributed by atoms with Crippen molar-refractivity contribution in [2.75, 3.05) is 26.7 Å². The Bertz CT molecular complexity index is 112. The average molecular weight is 242 g/mol. The van der Waals surface area contributed by atoms with Gasteiger partial charge in [-0.15, -0.1) is 0 Å². The summed E-state index contributed by atoms with van der Waals surface area (Å²) in [6.45, 7) is 5.78. The Morgan fingerprint density at radius 1 is 0.588 bits per heavy atom. The lowest BCUT2D eigenvalue weighted by Crippen LogP contribution is -2.20. The summed E-state index contributed by atoms with van der Waals surface area (Å²) in [5.74, 6) is 0. The summed E-state index contributed by atoms with van der Waals surface area (Å²) >= 11 is 0. The molecule has 0 bridgehead atoms. The van der Waals surface area contributed by atoms with E-state index in [1.165, 1.54) is 70.8 Å². The summed E-state index contributed by atoms with van der Waals surface area (Å²) in [6, 6.07) is 0. The maximum atomic E-state index is 3.50. The van der Waals surface area contributed by atoms with Crippen LogP contribution in [0.4, 0.5) is 0 Å². The molecule has 2 nitrogen and oxygen atoms in total. The van der Waals surface area contributed by atoms with Gasteiger partial charge in [0.15, 0.2) is 0 Å². The van der Waals surface area contributed by atoms with Gasteiger partial charge in [0.25, 0.3) is 0 Å². The maximum Gasteiger partial charge on any atom is -0.00368 e. The quantitative estimate of drug-likeness (QED) is 0.454. The van der Waals surface area contributed by atoms with Crippen LogP contribution in [0.1, 0.15) is 71.1 Å². The van der Waals surface area contributed by atoms with Crippen molar-refractivity contribution in [3.05, 3.63) is 0 Å². The van der Waals surface area contributed by atoms with Crippen LogP contribution in [0, 0.1) is 0 Å². The molecule has 0 saturated carbocycles. The van der Waals surface area contributed by atoms with E-state index in [1.54, 1.807) is 0 Å². The summed E-state index contributed by atoms with van der Waals surface area (Å²) in [6.07, 6.45) is 14.0. The first-order valence-corrected chi connectivity index (χ1v) is 7.77. The van der Waals surface area contributed by atoms with Gasteiger partial charge in [-0.3, -0.25) is 0 Å². The third-order valence-electron chi connectivity index (χ3n) is 3.24. The van der Waals surface area contributed by atoms with E-state index in [-0.39, 0.29) is 0 Å². The molecule has 0 amide bonds. The van der Waals surface area contributed by atoms with E-state index < -0.39 is 0 Å². The van der Waals surface area contributed by atoms with Crippen LogP contribution >= 0.6 is 0 Å². The standard InChI is InChI=1S/C15H34N2/c1-3-4-5-6-7-8-9-10-11-14-17-15-12-13-16-2/h16-17H,3-15H2,1-2H3. The summed E-state index contributed by atoms with van der Waals surface area (Å²) in [5, 5.41) is 6.67. The molecule has 0 aromatic carbocycles. The van der Waals surface area contributed by atoms with E-state index in [4.69, 9.17) is 0 Å². The highest BCUT2D eigenvalue weighted by atomic mass is 14.9. The first-order valence-electron chi connectivity index (χ1n) is 7.77. The molecule has 2 N–H and O–H groups in total. The Morgan fingerprint density at radius 3 is 1.71 bits per heavy atom. The second-order valence-electron chi connectivity index (χ2n) is 5.04. The third kappa shape index (κ3) is 15.9. The molecular weight excluding hydrogens is 208 g/mol. The molecule has 0 aliphatic heterocycles. The minimum atomic E-state index is 1.13. The van der Waals surface area contributed by atoms with Gasteiger partial charge in [0, 0.05) is 0 Å². The molecule has 0 saturated heterocycles. The molecule has 0 fully saturated rings. The average Bonchev–Trinajstić information content (AvgIpc) is 2.35. The van der Waals surface area contributed by atoms with Gasteiger partial charge >= 0.3 is 0 Å². The van der Waals surface area contributed by atoms with Crippen LogP contribution in [0.25, 0.3) is 0 Å². The largest absolute Gasteiger partial charge is 0.320 e. The highest BCUT2D eigenvalue weighted by Gasteiger charge is 1.92. The highest BCUT2D eigenvalue weighted by molar-refractivity contribution is 4.51. The van der Waals surface area contributed by atoms with Crippen LogP contribution in [0.2, 0.25) is 0 Å². The molecule has 17 heavy (non-hydrogen) atoms. The monoisotopic (exact) mass is 242 g/mol. The Kier molecular flexibility index (Phi) is 15.8. The van der Waals surface area contributed by atoms with Gasteiger partial charge in [-0.05, 0) is 39.5 Å². The molecule has 2 heteroatoms. The first-order chi connectivity index (χ1) is 8.41. The van der Waals surface area contributed by atoms with Crippen LogP contribution in [0.15, 0.2) is 0 Å². The van der Waals surface area contributed by atoms with Gasteiger partial charge in [-0.25, -0.2) is 0 Å². The van der Waals surface area contributed by atoms with Crippen molar-refractivity contribution in [3.63, 3.8) is 0 Å². The zero-order chi connectivity index (χ0) is 12.6.